The summed E-state index contributed by atoms with van der Waals surface area (Å²) in [6.07, 6.45) is -1.04. The minimum Gasteiger partial charge on any atom is -0.460 e. The number of aliphatic imine (C=N–C) groups is 1. The molecule has 7 heteroatoms. The van der Waals surface area contributed by atoms with Gasteiger partial charge in [-0.15, -0.1) is 0 Å². The maximum Gasteiger partial charge on any atom is 0.375 e. The molecule has 1 aromatic rings. The number of carbonyl (C=O) groups is 1. The van der Waals surface area contributed by atoms with Gasteiger partial charge in [-0.25, -0.2) is 28.9 Å². The molecule has 0 aromatic heterocycles. The molecule has 2 rings (SSSR count). The molecule has 0 radical (unpaired) electrons. The van der Waals surface area contributed by atoms with Crippen LogP contribution in [0.15, 0.2) is 23.2 Å². The van der Waals surface area contributed by atoms with E-state index in [1.165, 1.54) is 6.07 Å². The molecule has 1 aliphatic rings. The fourth-order valence-corrected chi connectivity index (χ4v) is 1.41. The van der Waals surface area contributed by atoms with Crippen molar-refractivity contribution in [3.8, 4) is 0 Å². The zero-order valence-electron chi connectivity index (χ0n) is 9.44. The average molecular weight is 256 g/mol. The zero-order valence-corrected chi connectivity index (χ0v) is 9.44. The number of halogens is 2. The second-order valence-electron chi connectivity index (χ2n) is 3.44. The van der Waals surface area contributed by atoms with E-state index in [4.69, 9.17) is 9.57 Å². The van der Waals surface area contributed by atoms with Crippen LogP contribution < -0.4 is 5.48 Å². The standard InChI is InChI=1S/C11H10F2N2O3/c1-2-17-11(16)9-14-10(18-15-9)7-4-3-6(12)5-8(7)13/h3-5,10H,2H2,1H3,(H,14,15). The highest BCUT2D eigenvalue weighted by Crippen LogP contribution is 2.24. The second-order valence-corrected chi connectivity index (χ2v) is 3.44. The van der Waals surface area contributed by atoms with Gasteiger partial charge in [-0.05, 0) is 19.1 Å². The molecule has 0 spiro atoms. The van der Waals surface area contributed by atoms with Crippen LogP contribution in [0.4, 0.5) is 8.78 Å². The molecule has 1 heterocycles. The molecule has 0 bridgehead atoms. The summed E-state index contributed by atoms with van der Waals surface area (Å²) >= 11 is 0. The first-order valence-corrected chi connectivity index (χ1v) is 5.23. The van der Waals surface area contributed by atoms with Crippen LogP contribution in [-0.4, -0.2) is 18.4 Å². The highest BCUT2D eigenvalue weighted by Gasteiger charge is 2.27. The van der Waals surface area contributed by atoms with E-state index in [2.05, 4.69) is 10.5 Å². The second kappa shape index (κ2) is 5.09. The predicted octanol–water partition coefficient (Wildman–Crippen LogP) is 1.46. The molecule has 18 heavy (non-hydrogen) atoms. The fourth-order valence-electron chi connectivity index (χ4n) is 1.41. The molecule has 5 nitrogen and oxygen atoms in total. The van der Waals surface area contributed by atoms with Crippen molar-refractivity contribution in [2.45, 2.75) is 13.2 Å². The van der Waals surface area contributed by atoms with Crippen LogP contribution in [0.3, 0.4) is 0 Å². The molecular formula is C11H10F2N2O3. The lowest BCUT2D eigenvalue weighted by Crippen LogP contribution is -2.28. The van der Waals surface area contributed by atoms with Crippen LogP contribution in [-0.2, 0) is 14.4 Å². The van der Waals surface area contributed by atoms with Gasteiger partial charge in [0, 0.05) is 11.6 Å². The number of ether oxygens (including phenoxy) is 1. The fraction of sp³-hybridized carbons (Fsp3) is 0.273. The molecule has 0 saturated carbocycles. The molecule has 1 atom stereocenters. The first-order valence-electron chi connectivity index (χ1n) is 5.23. The van der Waals surface area contributed by atoms with Crippen molar-refractivity contribution in [2.75, 3.05) is 6.61 Å². The molecule has 1 N–H and O–H groups in total. The summed E-state index contributed by atoms with van der Waals surface area (Å²) < 4.78 is 30.9. The number of hydrogen-bond acceptors (Lipinski definition) is 5. The lowest BCUT2D eigenvalue weighted by atomic mass is 10.2. The Bertz CT molecular complexity index is 505. The van der Waals surface area contributed by atoms with Gasteiger partial charge in [0.05, 0.1) is 6.61 Å². The van der Waals surface area contributed by atoms with Crippen molar-refractivity contribution >= 4 is 11.8 Å². The number of carbonyl (C=O) groups excluding carboxylic acids is 1. The van der Waals surface area contributed by atoms with Gasteiger partial charge >= 0.3 is 5.97 Å². The Morgan fingerprint density at radius 2 is 2.33 bits per heavy atom. The Morgan fingerprint density at radius 3 is 3.00 bits per heavy atom. The largest absolute Gasteiger partial charge is 0.460 e. The summed E-state index contributed by atoms with van der Waals surface area (Å²) in [4.78, 5) is 20.0. The van der Waals surface area contributed by atoms with E-state index < -0.39 is 23.8 Å². The first-order chi connectivity index (χ1) is 8.61. The van der Waals surface area contributed by atoms with E-state index in [9.17, 15) is 13.6 Å². The average Bonchev–Trinajstić information content (AvgIpc) is 2.78. The van der Waals surface area contributed by atoms with Gasteiger partial charge in [-0.3, -0.25) is 0 Å². The van der Waals surface area contributed by atoms with Gasteiger partial charge in [-0.2, -0.15) is 0 Å². The maximum absolute atomic E-state index is 13.4. The summed E-state index contributed by atoms with van der Waals surface area (Å²) in [5.74, 6) is -2.33. The SMILES string of the molecule is CCOC(=O)C1=NC(c2ccc(F)cc2F)ON1. The normalized spacial score (nSPS) is 18.2. The number of nitrogens with one attached hydrogen (secondary N) is 1. The summed E-state index contributed by atoms with van der Waals surface area (Å²) in [5, 5.41) is 0. The van der Waals surface area contributed by atoms with Crippen molar-refractivity contribution in [3.63, 3.8) is 0 Å². The number of benzene rings is 1. The number of nitrogens with zero attached hydrogens (tertiary/aromatic N) is 1. The molecule has 96 valence electrons. The van der Waals surface area contributed by atoms with E-state index in [1.807, 2.05) is 0 Å². The van der Waals surface area contributed by atoms with Crippen molar-refractivity contribution in [3.05, 3.63) is 35.4 Å². The molecule has 0 fully saturated rings. The van der Waals surface area contributed by atoms with E-state index in [-0.39, 0.29) is 18.0 Å². The summed E-state index contributed by atoms with van der Waals surface area (Å²) in [6.45, 7) is 1.83. The lowest BCUT2D eigenvalue weighted by Gasteiger charge is -2.06. The van der Waals surface area contributed by atoms with Crippen LogP contribution in [0, 0.1) is 11.6 Å². The third-order valence-electron chi connectivity index (χ3n) is 2.21. The first kappa shape index (κ1) is 12.4. The topological polar surface area (TPSA) is 59.9 Å². The van der Waals surface area contributed by atoms with Crippen LogP contribution in [0.1, 0.15) is 18.7 Å². The van der Waals surface area contributed by atoms with E-state index >= 15 is 0 Å². The number of rotatable bonds is 3. The highest BCUT2D eigenvalue weighted by molar-refractivity contribution is 6.35. The Kier molecular flexibility index (Phi) is 3.52. The molecule has 1 aromatic carbocycles. The van der Waals surface area contributed by atoms with E-state index in [1.54, 1.807) is 6.92 Å². The lowest BCUT2D eigenvalue weighted by molar-refractivity contribution is -0.135. The van der Waals surface area contributed by atoms with Crippen molar-refractivity contribution in [2.24, 2.45) is 4.99 Å². The Morgan fingerprint density at radius 1 is 1.56 bits per heavy atom. The molecular weight excluding hydrogens is 246 g/mol. The number of amidine groups is 1. The summed E-state index contributed by atoms with van der Waals surface area (Å²) in [7, 11) is 0. The van der Waals surface area contributed by atoms with E-state index in [0.717, 1.165) is 12.1 Å². The highest BCUT2D eigenvalue weighted by atomic mass is 19.1. The minimum atomic E-state index is -1.04. The predicted molar refractivity (Wildman–Crippen MR) is 57.4 cm³/mol. The molecule has 0 aliphatic carbocycles. The Balaban J connectivity index is 2.19. The van der Waals surface area contributed by atoms with Crippen LogP contribution >= 0.6 is 0 Å². The Labute approximate surface area is 101 Å². The van der Waals surface area contributed by atoms with E-state index in [0.29, 0.717) is 0 Å². The van der Waals surface area contributed by atoms with Crippen LogP contribution in [0.2, 0.25) is 0 Å². The van der Waals surface area contributed by atoms with Gasteiger partial charge in [0.2, 0.25) is 12.1 Å². The number of hydroxylamine groups is 1. The molecule has 1 aliphatic heterocycles. The zero-order chi connectivity index (χ0) is 13.1. The van der Waals surface area contributed by atoms with Crippen LogP contribution in [0.25, 0.3) is 0 Å². The van der Waals surface area contributed by atoms with Gasteiger partial charge < -0.3 is 4.74 Å². The smallest absolute Gasteiger partial charge is 0.375 e. The number of esters is 1. The third kappa shape index (κ3) is 2.45. The summed E-state index contributed by atoms with van der Waals surface area (Å²) in [6, 6.07) is 3.00. The van der Waals surface area contributed by atoms with Gasteiger partial charge in [-0.1, -0.05) is 0 Å². The van der Waals surface area contributed by atoms with Gasteiger partial charge in [0.1, 0.15) is 11.6 Å². The molecule has 1 unspecified atom stereocenters. The molecule has 0 amide bonds. The number of hydrogen-bond donors (Lipinski definition) is 1. The minimum absolute atomic E-state index is 0.0307. The molecule has 0 saturated heterocycles. The van der Waals surface area contributed by atoms with Gasteiger partial charge in [0.25, 0.3) is 0 Å². The van der Waals surface area contributed by atoms with Crippen molar-refractivity contribution < 1.29 is 23.1 Å². The third-order valence-corrected chi connectivity index (χ3v) is 2.21. The quantitative estimate of drug-likeness (QED) is 0.832. The van der Waals surface area contributed by atoms with Crippen LogP contribution in [0.5, 0.6) is 0 Å². The van der Waals surface area contributed by atoms with Crippen molar-refractivity contribution in [1.29, 1.82) is 0 Å². The Hall–Kier alpha value is -2.02. The summed E-state index contributed by atoms with van der Waals surface area (Å²) in [5.41, 5.74) is 2.28. The monoisotopic (exact) mass is 256 g/mol. The van der Waals surface area contributed by atoms with Crippen molar-refractivity contribution in [1.82, 2.24) is 5.48 Å². The maximum atomic E-state index is 13.4. The van der Waals surface area contributed by atoms with Gasteiger partial charge in [0.15, 0.2) is 0 Å².